The zero-order valence-electron chi connectivity index (χ0n) is 20.0. The Hall–Kier alpha value is -2.95. The highest BCUT2D eigenvalue weighted by molar-refractivity contribution is 5.99. The third-order valence-corrected chi connectivity index (χ3v) is 7.25. The number of rotatable bonds is 9. The number of amides is 1. The monoisotopic (exact) mass is 512 g/mol. The van der Waals surface area contributed by atoms with E-state index in [-0.39, 0.29) is 35.7 Å². The van der Waals surface area contributed by atoms with Gasteiger partial charge < -0.3 is 20.1 Å². The van der Waals surface area contributed by atoms with Crippen molar-refractivity contribution in [3.05, 3.63) is 63.3 Å². The molecule has 1 aromatic carbocycles. The highest BCUT2D eigenvalue weighted by Gasteiger charge is 2.53. The Labute approximate surface area is 205 Å². The maximum absolute atomic E-state index is 14.6. The van der Waals surface area contributed by atoms with Crippen molar-refractivity contribution in [3.63, 3.8) is 0 Å². The molecule has 0 spiro atoms. The van der Waals surface area contributed by atoms with E-state index in [1.165, 1.54) is 19.1 Å². The lowest BCUT2D eigenvalue weighted by molar-refractivity contribution is 0.0648. The second-order valence-electron chi connectivity index (χ2n) is 9.62. The molecule has 0 radical (unpaired) electrons. The van der Waals surface area contributed by atoms with Gasteiger partial charge in [-0.3, -0.25) is 9.59 Å². The summed E-state index contributed by atoms with van der Waals surface area (Å²) in [7, 11) is 1.97. The van der Waals surface area contributed by atoms with Gasteiger partial charge in [-0.25, -0.2) is 22.0 Å². The number of carbonyl (C=O) groups excluding carboxylic acids is 1. The summed E-state index contributed by atoms with van der Waals surface area (Å²) < 4.78 is 69.3. The molecule has 1 saturated heterocycles. The standard InChI is InChI=1S/C25H29F5N4O2/c1-14(16-6-3-7-17(21(16)26)22(27)28)32-23(36)18-13-34(25(8-9-25)24(29)30)20(35)11-19(18)31-12-15-5-4-10-33(15)2/h3,6-7,11,13-15,22,24,31H,4-5,8-10,12H2,1-2H3,(H,32,36)/t14?,15-/m0/s1. The van der Waals surface area contributed by atoms with Gasteiger partial charge in [-0.1, -0.05) is 18.2 Å². The lowest BCUT2D eigenvalue weighted by Crippen LogP contribution is -2.38. The first-order valence-electron chi connectivity index (χ1n) is 11.9. The number of hydrogen-bond donors (Lipinski definition) is 2. The predicted molar refractivity (Wildman–Crippen MR) is 125 cm³/mol. The Morgan fingerprint density at radius 2 is 1.89 bits per heavy atom. The van der Waals surface area contributed by atoms with Crippen molar-refractivity contribution in [1.29, 1.82) is 0 Å². The molecule has 2 atom stereocenters. The van der Waals surface area contributed by atoms with E-state index in [0.717, 1.165) is 42.3 Å². The number of nitrogens with one attached hydrogen (secondary N) is 2. The largest absolute Gasteiger partial charge is 0.383 e. The maximum atomic E-state index is 14.6. The number of hydrogen-bond acceptors (Lipinski definition) is 4. The van der Waals surface area contributed by atoms with Crippen LogP contribution in [-0.2, 0) is 5.54 Å². The van der Waals surface area contributed by atoms with E-state index in [2.05, 4.69) is 15.5 Å². The molecular weight excluding hydrogens is 483 g/mol. The van der Waals surface area contributed by atoms with Crippen molar-refractivity contribution in [3.8, 4) is 0 Å². The first-order valence-corrected chi connectivity index (χ1v) is 11.9. The molecule has 196 valence electrons. The smallest absolute Gasteiger partial charge is 0.266 e. The third kappa shape index (κ3) is 4.98. The Balaban J connectivity index is 1.65. The number of aromatic nitrogens is 1. The second-order valence-corrected chi connectivity index (χ2v) is 9.62. The molecule has 2 aliphatic rings. The summed E-state index contributed by atoms with van der Waals surface area (Å²) in [5.74, 6) is -1.87. The molecule has 2 fully saturated rings. The van der Waals surface area contributed by atoms with Crippen LogP contribution in [0.3, 0.4) is 0 Å². The van der Waals surface area contributed by atoms with Gasteiger partial charge in [0.25, 0.3) is 24.3 Å². The molecule has 1 aliphatic heterocycles. The van der Waals surface area contributed by atoms with Gasteiger partial charge in [-0.2, -0.15) is 0 Å². The van der Waals surface area contributed by atoms with Crippen LogP contribution < -0.4 is 16.2 Å². The van der Waals surface area contributed by atoms with Crippen LogP contribution in [0.5, 0.6) is 0 Å². The first kappa shape index (κ1) is 26.1. The van der Waals surface area contributed by atoms with E-state index < -0.39 is 47.3 Å². The minimum atomic E-state index is -3.02. The van der Waals surface area contributed by atoms with Crippen LogP contribution >= 0.6 is 0 Å². The van der Waals surface area contributed by atoms with E-state index in [0.29, 0.717) is 6.54 Å². The summed E-state index contributed by atoms with van der Waals surface area (Å²) in [5, 5.41) is 5.67. The molecule has 11 heteroatoms. The fraction of sp³-hybridized carbons (Fsp3) is 0.520. The number of anilines is 1. The maximum Gasteiger partial charge on any atom is 0.266 e. The normalized spacial score (nSPS) is 20.1. The average Bonchev–Trinajstić information content (AvgIpc) is 3.53. The van der Waals surface area contributed by atoms with Crippen LogP contribution in [0.2, 0.25) is 0 Å². The lowest BCUT2D eigenvalue weighted by atomic mass is 10.0. The number of likely N-dealkylation sites (N-methyl/N-ethyl adjacent to an activating group) is 1. The van der Waals surface area contributed by atoms with Crippen LogP contribution in [0, 0.1) is 5.82 Å². The van der Waals surface area contributed by atoms with Crippen molar-refractivity contribution < 1.29 is 26.7 Å². The molecule has 1 unspecified atom stereocenters. The first-order chi connectivity index (χ1) is 17.0. The van der Waals surface area contributed by atoms with Crippen molar-refractivity contribution in [2.45, 2.75) is 63.1 Å². The van der Waals surface area contributed by atoms with E-state index >= 15 is 0 Å². The van der Waals surface area contributed by atoms with Gasteiger partial charge in [0, 0.05) is 30.4 Å². The molecule has 2 heterocycles. The molecule has 6 nitrogen and oxygen atoms in total. The summed E-state index contributed by atoms with van der Waals surface area (Å²) in [6.45, 7) is 2.78. The fourth-order valence-corrected chi connectivity index (χ4v) is 4.79. The molecule has 1 saturated carbocycles. The number of benzene rings is 1. The Morgan fingerprint density at radius 3 is 2.47 bits per heavy atom. The second kappa shape index (κ2) is 10.2. The van der Waals surface area contributed by atoms with E-state index in [4.69, 9.17) is 0 Å². The number of alkyl halides is 4. The number of carbonyl (C=O) groups is 1. The van der Waals surface area contributed by atoms with Crippen LogP contribution in [0.4, 0.5) is 27.6 Å². The van der Waals surface area contributed by atoms with Crippen molar-refractivity contribution >= 4 is 11.6 Å². The summed E-state index contributed by atoms with van der Waals surface area (Å²) in [4.78, 5) is 28.2. The van der Waals surface area contributed by atoms with Gasteiger partial charge in [0.15, 0.2) is 0 Å². The van der Waals surface area contributed by atoms with Gasteiger partial charge in [-0.05, 0) is 46.2 Å². The SMILES string of the molecule is CC(NC(=O)c1cn(C2(C(F)F)CC2)c(=O)cc1NC[C@@H]1CCCN1C)c1cccc(C(F)F)c1F. The molecule has 0 bridgehead atoms. The molecule has 1 aliphatic carbocycles. The van der Waals surface area contributed by atoms with Crippen molar-refractivity contribution in [2.24, 2.45) is 0 Å². The molecular formula is C25H29F5N4O2. The van der Waals surface area contributed by atoms with E-state index in [9.17, 15) is 31.5 Å². The summed E-state index contributed by atoms with van der Waals surface area (Å²) in [6.07, 6.45) is -2.55. The van der Waals surface area contributed by atoms with Gasteiger partial charge in [-0.15, -0.1) is 0 Å². The molecule has 1 amide bonds. The molecule has 2 aromatic rings. The molecule has 36 heavy (non-hydrogen) atoms. The van der Waals surface area contributed by atoms with Crippen LogP contribution in [-0.4, -0.2) is 48.0 Å². The Bertz CT molecular complexity index is 1180. The molecule has 2 N–H and O–H groups in total. The van der Waals surface area contributed by atoms with Crippen LogP contribution in [0.15, 0.2) is 35.3 Å². The Kier molecular flexibility index (Phi) is 7.40. The zero-order chi connectivity index (χ0) is 26.2. The lowest BCUT2D eigenvalue weighted by Gasteiger charge is -2.24. The molecule has 4 rings (SSSR count). The van der Waals surface area contributed by atoms with Crippen LogP contribution in [0.1, 0.15) is 66.6 Å². The minimum absolute atomic E-state index is 0.0561. The minimum Gasteiger partial charge on any atom is -0.383 e. The summed E-state index contributed by atoms with van der Waals surface area (Å²) in [6, 6.07) is 3.83. The van der Waals surface area contributed by atoms with E-state index in [1.807, 2.05) is 7.05 Å². The molecule has 1 aromatic heterocycles. The highest BCUT2D eigenvalue weighted by atomic mass is 19.3. The number of halogens is 5. The summed E-state index contributed by atoms with van der Waals surface area (Å²) >= 11 is 0. The predicted octanol–water partition coefficient (Wildman–Crippen LogP) is 4.68. The quantitative estimate of drug-likeness (QED) is 0.479. The van der Waals surface area contributed by atoms with Crippen LogP contribution in [0.25, 0.3) is 0 Å². The average molecular weight is 513 g/mol. The van der Waals surface area contributed by atoms with Gasteiger partial charge in [0.05, 0.1) is 22.9 Å². The summed E-state index contributed by atoms with van der Waals surface area (Å²) in [5.41, 5.74) is -3.11. The zero-order valence-corrected chi connectivity index (χ0v) is 20.0. The Morgan fingerprint density at radius 1 is 1.19 bits per heavy atom. The van der Waals surface area contributed by atoms with Gasteiger partial charge >= 0.3 is 0 Å². The fourth-order valence-electron chi connectivity index (χ4n) is 4.79. The van der Waals surface area contributed by atoms with Gasteiger partial charge in [0.1, 0.15) is 11.4 Å². The topological polar surface area (TPSA) is 66.4 Å². The van der Waals surface area contributed by atoms with Crippen molar-refractivity contribution in [2.75, 3.05) is 25.5 Å². The number of likely N-dealkylation sites (tertiary alicyclic amines) is 1. The highest BCUT2D eigenvalue weighted by Crippen LogP contribution is 2.48. The number of nitrogens with zero attached hydrogens (tertiary/aromatic N) is 2. The van der Waals surface area contributed by atoms with Crippen molar-refractivity contribution in [1.82, 2.24) is 14.8 Å². The van der Waals surface area contributed by atoms with Gasteiger partial charge in [0.2, 0.25) is 0 Å². The van der Waals surface area contributed by atoms with E-state index in [1.54, 1.807) is 0 Å². The number of pyridine rings is 1. The third-order valence-electron chi connectivity index (χ3n) is 7.25.